The quantitative estimate of drug-likeness (QED) is 0.635. The van der Waals surface area contributed by atoms with Gasteiger partial charge in [0, 0.05) is 13.1 Å². The van der Waals surface area contributed by atoms with E-state index >= 15 is 0 Å². The van der Waals surface area contributed by atoms with Gasteiger partial charge in [-0.2, -0.15) is 0 Å². The largest absolute Gasteiger partial charge is 0.489 e. The smallest absolute Gasteiger partial charge is 0.120 e. The fourth-order valence-electron chi connectivity index (χ4n) is 2.91. The number of ether oxygens (including phenoxy) is 1. The molecule has 0 saturated heterocycles. The van der Waals surface area contributed by atoms with Crippen molar-refractivity contribution in [3.8, 4) is 5.75 Å². The second-order valence-electron chi connectivity index (χ2n) is 6.42. The van der Waals surface area contributed by atoms with Crippen LogP contribution in [0.15, 0.2) is 78.9 Å². The number of rotatable bonds is 8. The molecule has 3 aromatic carbocycles. The molecule has 0 aliphatic carbocycles. The minimum atomic E-state index is -0.540. The summed E-state index contributed by atoms with van der Waals surface area (Å²) in [5.41, 5.74) is 4.31. The number of nitrogens with one attached hydrogen (secondary N) is 1. The molecular weight excluding hydrogens is 322 g/mol. The van der Waals surface area contributed by atoms with Crippen LogP contribution in [0.25, 0.3) is 0 Å². The average molecular weight is 347 g/mol. The van der Waals surface area contributed by atoms with Gasteiger partial charge in [-0.1, -0.05) is 66.7 Å². The minimum absolute atomic E-state index is 0.514. The number of hydrogen-bond acceptors (Lipinski definition) is 3. The molecule has 2 N–H and O–H groups in total. The lowest BCUT2D eigenvalue weighted by atomic mass is 10.0. The molecule has 26 heavy (non-hydrogen) atoms. The number of benzene rings is 3. The van der Waals surface area contributed by atoms with Crippen LogP contribution in [0.4, 0.5) is 0 Å². The first-order chi connectivity index (χ1) is 12.7. The maximum absolute atomic E-state index is 10.5. The Labute approximate surface area is 155 Å². The molecule has 0 amide bonds. The first kappa shape index (κ1) is 18.2. The molecule has 0 spiro atoms. The molecule has 3 heteroatoms. The second kappa shape index (κ2) is 9.18. The third kappa shape index (κ3) is 5.19. The third-order valence-corrected chi connectivity index (χ3v) is 4.36. The van der Waals surface area contributed by atoms with Crippen molar-refractivity contribution in [2.24, 2.45) is 0 Å². The van der Waals surface area contributed by atoms with Crippen molar-refractivity contribution in [1.82, 2.24) is 5.32 Å². The highest BCUT2D eigenvalue weighted by molar-refractivity contribution is 5.36. The van der Waals surface area contributed by atoms with E-state index in [-0.39, 0.29) is 0 Å². The van der Waals surface area contributed by atoms with Gasteiger partial charge in [-0.25, -0.2) is 0 Å². The van der Waals surface area contributed by atoms with Crippen LogP contribution in [0, 0.1) is 6.92 Å². The van der Waals surface area contributed by atoms with Gasteiger partial charge in [0.05, 0.1) is 6.10 Å². The van der Waals surface area contributed by atoms with Crippen LogP contribution in [-0.2, 0) is 13.2 Å². The van der Waals surface area contributed by atoms with Crippen LogP contribution >= 0.6 is 0 Å². The van der Waals surface area contributed by atoms with Gasteiger partial charge in [0.15, 0.2) is 0 Å². The van der Waals surface area contributed by atoms with Crippen LogP contribution < -0.4 is 10.1 Å². The van der Waals surface area contributed by atoms with E-state index in [2.05, 4.69) is 17.4 Å². The Balaban J connectivity index is 1.53. The lowest BCUT2D eigenvalue weighted by Crippen LogP contribution is -2.21. The van der Waals surface area contributed by atoms with Gasteiger partial charge >= 0.3 is 0 Å². The normalized spacial score (nSPS) is 11.9. The van der Waals surface area contributed by atoms with Crippen LogP contribution in [0.1, 0.15) is 28.4 Å². The Bertz CT molecular complexity index is 803. The van der Waals surface area contributed by atoms with Crippen LogP contribution in [0.5, 0.6) is 5.75 Å². The van der Waals surface area contributed by atoms with E-state index in [1.54, 1.807) is 0 Å². The van der Waals surface area contributed by atoms with Crippen LogP contribution in [-0.4, -0.2) is 11.7 Å². The summed E-state index contributed by atoms with van der Waals surface area (Å²) in [4.78, 5) is 0. The van der Waals surface area contributed by atoms with Gasteiger partial charge < -0.3 is 15.2 Å². The average Bonchev–Trinajstić information content (AvgIpc) is 2.68. The highest BCUT2D eigenvalue weighted by Gasteiger charge is 2.11. The Kier molecular flexibility index (Phi) is 6.42. The van der Waals surface area contributed by atoms with Crippen molar-refractivity contribution in [3.05, 3.63) is 101 Å². The summed E-state index contributed by atoms with van der Waals surface area (Å²) < 4.78 is 5.85. The molecule has 0 radical (unpaired) electrons. The first-order valence-electron chi connectivity index (χ1n) is 8.92. The fourth-order valence-corrected chi connectivity index (χ4v) is 2.91. The number of aliphatic hydroxyl groups is 1. The Morgan fingerprint density at radius 3 is 2.19 bits per heavy atom. The van der Waals surface area contributed by atoms with Gasteiger partial charge in [-0.3, -0.25) is 0 Å². The van der Waals surface area contributed by atoms with Gasteiger partial charge in [0.25, 0.3) is 0 Å². The first-order valence-corrected chi connectivity index (χ1v) is 8.92. The zero-order valence-corrected chi connectivity index (χ0v) is 15.1. The predicted octanol–water partition coefficient (Wildman–Crippen LogP) is 4.40. The summed E-state index contributed by atoms with van der Waals surface area (Å²) in [5, 5.41) is 13.8. The summed E-state index contributed by atoms with van der Waals surface area (Å²) in [7, 11) is 0. The molecule has 0 aliphatic heterocycles. The van der Waals surface area contributed by atoms with E-state index in [1.807, 2.05) is 73.7 Å². The number of aliphatic hydroxyl groups excluding tert-OH is 1. The molecule has 3 nitrogen and oxygen atoms in total. The topological polar surface area (TPSA) is 41.5 Å². The summed E-state index contributed by atoms with van der Waals surface area (Å²) in [5.74, 6) is 0.819. The van der Waals surface area contributed by atoms with Crippen molar-refractivity contribution in [3.63, 3.8) is 0 Å². The zero-order valence-electron chi connectivity index (χ0n) is 15.1. The summed E-state index contributed by atoms with van der Waals surface area (Å²) in [6.45, 7) is 3.81. The molecule has 0 aliphatic rings. The molecule has 1 atom stereocenters. The number of aryl methyl sites for hydroxylation is 1. The monoisotopic (exact) mass is 347 g/mol. The molecule has 134 valence electrons. The summed E-state index contributed by atoms with van der Waals surface area (Å²) in [6, 6.07) is 26.1. The zero-order chi connectivity index (χ0) is 18.2. The Morgan fingerprint density at radius 1 is 0.885 bits per heavy atom. The fraction of sp³-hybridized carbons (Fsp3) is 0.217. The van der Waals surface area contributed by atoms with E-state index in [0.717, 1.165) is 29.0 Å². The molecular formula is C23H25NO2. The van der Waals surface area contributed by atoms with Crippen molar-refractivity contribution in [1.29, 1.82) is 0 Å². The highest BCUT2D eigenvalue weighted by atomic mass is 16.5. The molecule has 3 rings (SSSR count). The van der Waals surface area contributed by atoms with Gasteiger partial charge in [-0.15, -0.1) is 0 Å². The van der Waals surface area contributed by atoms with Gasteiger partial charge in [0.2, 0.25) is 0 Å². The Morgan fingerprint density at radius 2 is 1.54 bits per heavy atom. The molecule has 0 bridgehead atoms. The predicted molar refractivity (Wildman–Crippen MR) is 105 cm³/mol. The van der Waals surface area contributed by atoms with E-state index in [9.17, 15) is 5.11 Å². The van der Waals surface area contributed by atoms with Crippen molar-refractivity contribution < 1.29 is 9.84 Å². The van der Waals surface area contributed by atoms with Crippen molar-refractivity contribution in [2.45, 2.75) is 26.2 Å². The second-order valence-corrected chi connectivity index (χ2v) is 6.42. The molecule has 0 aromatic heterocycles. The molecule has 3 aromatic rings. The Hall–Kier alpha value is -2.62. The third-order valence-electron chi connectivity index (χ3n) is 4.36. The van der Waals surface area contributed by atoms with E-state index in [0.29, 0.717) is 13.2 Å². The maximum atomic E-state index is 10.5. The highest BCUT2D eigenvalue weighted by Crippen LogP contribution is 2.23. The van der Waals surface area contributed by atoms with Crippen LogP contribution in [0.3, 0.4) is 0 Å². The van der Waals surface area contributed by atoms with Crippen LogP contribution in [0.2, 0.25) is 0 Å². The minimum Gasteiger partial charge on any atom is -0.489 e. The van der Waals surface area contributed by atoms with Crippen molar-refractivity contribution >= 4 is 0 Å². The lowest BCUT2D eigenvalue weighted by Gasteiger charge is -2.16. The lowest BCUT2D eigenvalue weighted by molar-refractivity contribution is 0.173. The standard InChI is InChI=1S/C23H25NO2/c1-18-14-21(26-17-20-10-6-3-7-11-20)12-13-22(18)23(25)16-24-15-19-8-4-2-5-9-19/h2-14,23-25H,15-17H2,1H3. The molecule has 1 unspecified atom stereocenters. The molecule has 0 fully saturated rings. The van der Waals surface area contributed by atoms with E-state index in [4.69, 9.17) is 4.74 Å². The number of hydrogen-bond donors (Lipinski definition) is 2. The van der Waals surface area contributed by atoms with Crippen molar-refractivity contribution in [2.75, 3.05) is 6.54 Å². The molecule has 0 saturated carbocycles. The maximum Gasteiger partial charge on any atom is 0.120 e. The van der Waals surface area contributed by atoms with E-state index < -0.39 is 6.10 Å². The van der Waals surface area contributed by atoms with E-state index in [1.165, 1.54) is 5.56 Å². The summed E-state index contributed by atoms with van der Waals surface area (Å²) >= 11 is 0. The van der Waals surface area contributed by atoms with Gasteiger partial charge in [0.1, 0.15) is 12.4 Å². The van der Waals surface area contributed by atoms with Gasteiger partial charge in [-0.05, 0) is 41.3 Å². The SMILES string of the molecule is Cc1cc(OCc2ccccc2)ccc1C(O)CNCc1ccccc1. The molecule has 0 heterocycles. The summed E-state index contributed by atoms with van der Waals surface area (Å²) in [6.07, 6.45) is -0.540.